The van der Waals surface area contributed by atoms with Gasteiger partial charge in [0.25, 0.3) is 5.69 Å². The molecule has 0 bridgehead atoms. The highest BCUT2D eigenvalue weighted by Gasteiger charge is 2.26. The number of carboxylic acids is 1. The molecule has 2 atom stereocenters. The Morgan fingerprint density at radius 1 is 1.53 bits per heavy atom. The van der Waals surface area contributed by atoms with Gasteiger partial charge in [0.05, 0.1) is 4.92 Å². The van der Waals surface area contributed by atoms with E-state index in [1.807, 2.05) is 6.92 Å². The quantitative estimate of drug-likeness (QED) is 0.610. The van der Waals surface area contributed by atoms with Crippen LogP contribution < -0.4 is 5.32 Å². The van der Waals surface area contributed by atoms with Gasteiger partial charge in [0.1, 0.15) is 11.7 Å². The fourth-order valence-corrected chi connectivity index (χ4v) is 1.77. The van der Waals surface area contributed by atoms with Crippen LogP contribution in [0.1, 0.15) is 25.8 Å². The molecule has 1 rings (SSSR count). The molecule has 0 aliphatic carbocycles. The van der Waals surface area contributed by atoms with E-state index >= 15 is 0 Å². The summed E-state index contributed by atoms with van der Waals surface area (Å²) >= 11 is 0. The highest BCUT2D eigenvalue weighted by molar-refractivity contribution is 5.79. The first-order valence-corrected chi connectivity index (χ1v) is 6.11. The second-order valence-electron chi connectivity index (χ2n) is 4.62. The van der Waals surface area contributed by atoms with Crippen LogP contribution in [0, 0.1) is 23.0 Å². The number of aliphatic carboxylic acids is 1. The van der Waals surface area contributed by atoms with Gasteiger partial charge in [-0.15, -0.1) is 0 Å². The predicted octanol–water partition coefficient (Wildman–Crippen LogP) is 2.81. The molecule has 0 saturated heterocycles. The molecule has 0 amide bonds. The monoisotopic (exact) mass is 266 g/mol. The van der Waals surface area contributed by atoms with Gasteiger partial charge in [-0.05, 0) is 24.5 Å². The van der Waals surface area contributed by atoms with Crippen molar-refractivity contribution in [2.24, 2.45) is 5.92 Å². The van der Waals surface area contributed by atoms with Gasteiger partial charge in [0.15, 0.2) is 0 Å². The lowest BCUT2D eigenvalue weighted by Gasteiger charge is -2.21. The third kappa shape index (κ3) is 3.67. The van der Waals surface area contributed by atoms with Gasteiger partial charge in [-0.25, -0.2) is 4.79 Å². The summed E-state index contributed by atoms with van der Waals surface area (Å²) in [5.41, 5.74) is 0.894. The van der Waals surface area contributed by atoms with Crippen LogP contribution in [0.15, 0.2) is 18.2 Å². The summed E-state index contributed by atoms with van der Waals surface area (Å²) in [4.78, 5) is 21.7. The van der Waals surface area contributed by atoms with Gasteiger partial charge >= 0.3 is 5.97 Å². The summed E-state index contributed by atoms with van der Waals surface area (Å²) in [7, 11) is 0. The molecular formula is C13H18N2O4. The largest absolute Gasteiger partial charge is 0.480 e. The second kappa shape index (κ2) is 6.17. The van der Waals surface area contributed by atoms with Crippen LogP contribution >= 0.6 is 0 Å². The molecule has 1 aromatic rings. The number of hydrogen-bond acceptors (Lipinski definition) is 4. The summed E-state index contributed by atoms with van der Waals surface area (Å²) in [6.07, 6.45) is 0.670. The third-order valence-corrected chi connectivity index (χ3v) is 3.14. The van der Waals surface area contributed by atoms with Crippen LogP contribution in [0.3, 0.4) is 0 Å². The Morgan fingerprint density at radius 3 is 2.63 bits per heavy atom. The van der Waals surface area contributed by atoms with Crippen molar-refractivity contribution >= 4 is 17.3 Å². The molecule has 0 unspecified atom stereocenters. The van der Waals surface area contributed by atoms with Gasteiger partial charge in [-0.1, -0.05) is 26.3 Å². The first-order chi connectivity index (χ1) is 8.86. The van der Waals surface area contributed by atoms with E-state index < -0.39 is 16.9 Å². The maximum atomic E-state index is 11.2. The second-order valence-corrected chi connectivity index (χ2v) is 4.62. The Balaban J connectivity index is 3.09. The Hall–Kier alpha value is -2.11. The molecule has 0 heterocycles. The maximum Gasteiger partial charge on any atom is 0.326 e. The fourth-order valence-electron chi connectivity index (χ4n) is 1.77. The minimum absolute atomic E-state index is 0.102. The predicted molar refractivity (Wildman–Crippen MR) is 72.3 cm³/mol. The van der Waals surface area contributed by atoms with Gasteiger partial charge in [0, 0.05) is 6.07 Å². The zero-order valence-electron chi connectivity index (χ0n) is 11.2. The molecule has 104 valence electrons. The maximum absolute atomic E-state index is 11.2. The molecule has 1 aromatic carbocycles. The molecule has 0 spiro atoms. The van der Waals surface area contributed by atoms with Crippen molar-refractivity contribution in [3.8, 4) is 0 Å². The Bertz CT molecular complexity index is 488. The first kappa shape index (κ1) is 14.9. The minimum Gasteiger partial charge on any atom is -0.480 e. The number of aryl methyl sites for hydroxylation is 1. The summed E-state index contributed by atoms with van der Waals surface area (Å²) in [6.45, 7) is 5.43. The lowest BCUT2D eigenvalue weighted by Crippen LogP contribution is -2.35. The zero-order valence-corrected chi connectivity index (χ0v) is 11.2. The standard InChI is InChI=1S/C13H18N2O4/c1-4-9(3)12(13(16)17)14-10-6-5-8(2)7-11(10)15(18)19/h5-7,9,12,14H,4H2,1-3H3,(H,16,17)/t9-,12-/m0/s1. The van der Waals surface area contributed by atoms with Crippen LogP contribution in [-0.4, -0.2) is 22.0 Å². The smallest absolute Gasteiger partial charge is 0.326 e. The van der Waals surface area contributed by atoms with E-state index in [0.29, 0.717) is 6.42 Å². The Morgan fingerprint density at radius 2 is 2.16 bits per heavy atom. The molecule has 0 saturated carbocycles. The number of nitro benzene ring substituents is 1. The first-order valence-electron chi connectivity index (χ1n) is 6.11. The summed E-state index contributed by atoms with van der Waals surface area (Å²) in [5.74, 6) is -1.14. The molecule has 6 heteroatoms. The summed E-state index contributed by atoms with van der Waals surface area (Å²) < 4.78 is 0. The number of anilines is 1. The third-order valence-electron chi connectivity index (χ3n) is 3.14. The molecular weight excluding hydrogens is 248 g/mol. The van der Waals surface area contributed by atoms with Crippen molar-refractivity contribution in [3.05, 3.63) is 33.9 Å². The lowest BCUT2D eigenvalue weighted by molar-refractivity contribution is -0.384. The molecule has 2 N–H and O–H groups in total. The normalized spacial score (nSPS) is 13.6. The van der Waals surface area contributed by atoms with Crippen molar-refractivity contribution in [2.75, 3.05) is 5.32 Å². The number of nitrogens with one attached hydrogen (secondary N) is 1. The van der Waals surface area contributed by atoms with Crippen LogP contribution in [-0.2, 0) is 4.79 Å². The zero-order chi connectivity index (χ0) is 14.6. The SMILES string of the molecule is CC[C@H](C)[C@H](Nc1ccc(C)cc1[N+](=O)[O-])C(=O)O. The minimum atomic E-state index is -1.01. The number of nitro groups is 1. The highest BCUT2D eigenvalue weighted by atomic mass is 16.6. The molecule has 0 fully saturated rings. The van der Waals surface area contributed by atoms with Crippen molar-refractivity contribution in [2.45, 2.75) is 33.2 Å². The summed E-state index contributed by atoms with van der Waals surface area (Å²) in [6, 6.07) is 3.85. The Labute approximate surface area is 111 Å². The molecule has 0 aliphatic heterocycles. The van der Waals surface area contributed by atoms with Crippen LogP contribution in [0.25, 0.3) is 0 Å². The molecule has 0 aromatic heterocycles. The van der Waals surface area contributed by atoms with Crippen LogP contribution in [0.4, 0.5) is 11.4 Å². The number of nitrogens with zero attached hydrogens (tertiary/aromatic N) is 1. The average molecular weight is 266 g/mol. The molecule has 0 aliphatic rings. The van der Waals surface area contributed by atoms with Crippen LogP contribution in [0.5, 0.6) is 0 Å². The van der Waals surface area contributed by atoms with E-state index in [2.05, 4.69) is 5.32 Å². The average Bonchev–Trinajstić information content (AvgIpc) is 2.35. The Kier molecular flexibility index (Phi) is 4.86. The summed E-state index contributed by atoms with van der Waals surface area (Å²) in [5, 5.41) is 22.9. The van der Waals surface area contributed by atoms with E-state index in [-0.39, 0.29) is 17.3 Å². The van der Waals surface area contributed by atoms with E-state index in [1.54, 1.807) is 26.0 Å². The topological polar surface area (TPSA) is 92.5 Å². The molecule has 6 nitrogen and oxygen atoms in total. The molecule has 19 heavy (non-hydrogen) atoms. The van der Waals surface area contributed by atoms with E-state index in [0.717, 1.165) is 5.56 Å². The van der Waals surface area contributed by atoms with Gasteiger partial charge in [-0.2, -0.15) is 0 Å². The van der Waals surface area contributed by atoms with E-state index in [1.165, 1.54) is 6.07 Å². The van der Waals surface area contributed by atoms with Crippen molar-refractivity contribution in [3.63, 3.8) is 0 Å². The number of rotatable bonds is 6. The van der Waals surface area contributed by atoms with Crippen molar-refractivity contribution < 1.29 is 14.8 Å². The molecule has 0 radical (unpaired) electrons. The number of benzene rings is 1. The lowest BCUT2D eigenvalue weighted by atomic mass is 9.99. The van der Waals surface area contributed by atoms with Gasteiger partial charge in [-0.3, -0.25) is 10.1 Å². The van der Waals surface area contributed by atoms with E-state index in [9.17, 15) is 20.0 Å². The number of hydrogen-bond donors (Lipinski definition) is 2. The fraction of sp³-hybridized carbons (Fsp3) is 0.462. The van der Waals surface area contributed by atoms with Gasteiger partial charge in [0.2, 0.25) is 0 Å². The number of carbonyl (C=O) groups is 1. The van der Waals surface area contributed by atoms with E-state index in [4.69, 9.17) is 0 Å². The van der Waals surface area contributed by atoms with Crippen molar-refractivity contribution in [1.82, 2.24) is 0 Å². The number of carboxylic acid groups (broad SMARTS) is 1. The van der Waals surface area contributed by atoms with Crippen LogP contribution in [0.2, 0.25) is 0 Å². The highest BCUT2D eigenvalue weighted by Crippen LogP contribution is 2.27. The van der Waals surface area contributed by atoms with Gasteiger partial charge < -0.3 is 10.4 Å². The van der Waals surface area contributed by atoms with Crippen molar-refractivity contribution in [1.29, 1.82) is 0 Å².